The number of thiazole rings is 1. The number of aromatic nitrogens is 1. The Kier molecular flexibility index (Phi) is 2.97. The topological polar surface area (TPSA) is 88.2 Å². The Morgan fingerprint density at radius 2 is 2.29 bits per heavy atom. The summed E-state index contributed by atoms with van der Waals surface area (Å²) in [5.74, 6) is -0.192. The molecule has 4 N–H and O–H groups in total. The first-order valence-corrected chi connectivity index (χ1v) is 5.70. The van der Waals surface area contributed by atoms with Crippen molar-refractivity contribution < 1.29 is 9.90 Å². The average Bonchev–Trinajstić information content (AvgIpc) is 2.69. The minimum atomic E-state index is -0.256. The number of carbonyl (C=O) groups is 1. The van der Waals surface area contributed by atoms with Crippen molar-refractivity contribution in [3.8, 4) is 5.75 Å². The fourth-order valence-corrected chi connectivity index (χ4v) is 1.99. The van der Waals surface area contributed by atoms with E-state index >= 15 is 0 Å². The largest absolute Gasteiger partial charge is 0.508 e. The van der Waals surface area contributed by atoms with Gasteiger partial charge in [0.25, 0.3) is 5.91 Å². The van der Waals surface area contributed by atoms with E-state index in [9.17, 15) is 9.90 Å². The maximum Gasteiger partial charge on any atom is 0.267 e. The number of nitrogens with zero attached hydrogens (tertiary/aromatic N) is 1. The predicted molar refractivity (Wildman–Crippen MR) is 67.3 cm³/mol. The van der Waals surface area contributed by atoms with Crippen molar-refractivity contribution in [3.05, 3.63) is 34.3 Å². The minimum Gasteiger partial charge on any atom is -0.508 e. The van der Waals surface area contributed by atoms with Gasteiger partial charge in [0.1, 0.15) is 10.6 Å². The molecule has 1 aromatic heterocycles. The van der Waals surface area contributed by atoms with Gasteiger partial charge in [0.15, 0.2) is 0 Å². The Morgan fingerprint density at radius 1 is 1.53 bits per heavy atom. The van der Waals surface area contributed by atoms with Gasteiger partial charge in [-0.15, -0.1) is 11.3 Å². The molecule has 0 aliphatic rings. The van der Waals surface area contributed by atoms with E-state index in [2.05, 4.69) is 10.3 Å². The van der Waals surface area contributed by atoms with Crippen LogP contribution in [0.2, 0.25) is 0 Å². The highest BCUT2D eigenvalue weighted by Gasteiger charge is 2.10. The molecule has 0 aliphatic heterocycles. The van der Waals surface area contributed by atoms with Crippen LogP contribution in [-0.4, -0.2) is 16.0 Å². The fraction of sp³-hybridized carbons (Fsp3) is 0.0909. The quantitative estimate of drug-likeness (QED) is 0.561. The van der Waals surface area contributed by atoms with Gasteiger partial charge in [0, 0.05) is 6.07 Å². The molecule has 0 spiro atoms. The Bertz CT molecular complexity index is 566. The molecular formula is C11H11N3O2S. The third-order valence-corrected chi connectivity index (χ3v) is 3.04. The first-order chi connectivity index (χ1) is 8.06. The van der Waals surface area contributed by atoms with Crippen molar-refractivity contribution in [2.24, 2.45) is 0 Å². The molecule has 5 nitrogen and oxygen atoms in total. The molecule has 2 rings (SSSR count). The van der Waals surface area contributed by atoms with Crippen molar-refractivity contribution in [1.29, 1.82) is 0 Å². The summed E-state index contributed by atoms with van der Waals surface area (Å²) >= 11 is 1.31. The molecule has 0 fully saturated rings. The monoisotopic (exact) mass is 249 g/mol. The van der Waals surface area contributed by atoms with Crippen LogP contribution in [0.5, 0.6) is 5.75 Å². The van der Waals surface area contributed by atoms with Crippen molar-refractivity contribution in [3.63, 3.8) is 0 Å². The second kappa shape index (κ2) is 4.42. The molecule has 0 bridgehead atoms. The first-order valence-electron chi connectivity index (χ1n) is 4.88. The zero-order chi connectivity index (χ0) is 12.4. The summed E-state index contributed by atoms with van der Waals surface area (Å²) in [7, 11) is 0. The SMILES string of the molecule is Cc1ncc(C(=O)Nc2ccc(O)cc2N)s1. The summed E-state index contributed by atoms with van der Waals surface area (Å²) in [6, 6.07) is 4.40. The lowest BCUT2D eigenvalue weighted by Gasteiger charge is -2.06. The number of carbonyl (C=O) groups excluding carboxylic acids is 1. The summed E-state index contributed by atoms with van der Waals surface area (Å²) in [6.07, 6.45) is 1.52. The summed E-state index contributed by atoms with van der Waals surface area (Å²) < 4.78 is 0. The normalized spacial score (nSPS) is 10.2. The van der Waals surface area contributed by atoms with E-state index in [0.29, 0.717) is 16.3 Å². The summed E-state index contributed by atoms with van der Waals surface area (Å²) in [4.78, 5) is 16.3. The highest BCUT2D eigenvalue weighted by molar-refractivity contribution is 7.13. The van der Waals surface area contributed by atoms with Crippen LogP contribution in [0.1, 0.15) is 14.7 Å². The third kappa shape index (κ3) is 2.54. The number of rotatable bonds is 2. The number of hydrogen-bond acceptors (Lipinski definition) is 5. The smallest absolute Gasteiger partial charge is 0.267 e. The van der Waals surface area contributed by atoms with E-state index in [-0.39, 0.29) is 11.7 Å². The van der Waals surface area contributed by atoms with Crippen molar-refractivity contribution in [2.75, 3.05) is 11.1 Å². The number of nitrogens with one attached hydrogen (secondary N) is 1. The summed E-state index contributed by atoms with van der Waals surface area (Å²) in [5.41, 5.74) is 6.46. The maximum absolute atomic E-state index is 11.8. The van der Waals surface area contributed by atoms with E-state index in [1.807, 2.05) is 6.92 Å². The Morgan fingerprint density at radius 3 is 2.88 bits per heavy atom. The number of benzene rings is 1. The molecule has 0 saturated heterocycles. The molecule has 0 aliphatic carbocycles. The van der Waals surface area contributed by atoms with Crippen LogP contribution in [0.15, 0.2) is 24.4 Å². The number of anilines is 2. The number of amides is 1. The lowest BCUT2D eigenvalue weighted by atomic mass is 10.2. The number of phenols is 1. The van der Waals surface area contributed by atoms with Crippen LogP contribution in [0.25, 0.3) is 0 Å². The molecular weight excluding hydrogens is 238 g/mol. The number of aromatic hydroxyl groups is 1. The Hall–Kier alpha value is -2.08. The van der Waals surface area contributed by atoms with Crippen LogP contribution in [-0.2, 0) is 0 Å². The number of nitrogens with two attached hydrogens (primary N) is 1. The second-order valence-electron chi connectivity index (χ2n) is 3.47. The maximum atomic E-state index is 11.8. The Balaban J connectivity index is 2.18. The van der Waals surface area contributed by atoms with Gasteiger partial charge in [-0.2, -0.15) is 0 Å². The molecule has 88 valence electrons. The van der Waals surface area contributed by atoms with Crippen molar-refractivity contribution in [2.45, 2.75) is 6.92 Å². The van der Waals surface area contributed by atoms with Gasteiger partial charge < -0.3 is 16.2 Å². The van der Waals surface area contributed by atoms with Crippen molar-refractivity contribution in [1.82, 2.24) is 4.98 Å². The van der Waals surface area contributed by atoms with E-state index in [1.54, 1.807) is 6.07 Å². The average molecular weight is 249 g/mol. The highest BCUT2D eigenvalue weighted by Crippen LogP contribution is 2.24. The third-order valence-electron chi connectivity index (χ3n) is 2.13. The molecule has 17 heavy (non-hydrogen) atoms. The van der Waals surface area contributed by atoms with Gasteiger partial charge in [0.2, 0.25) is 0 Å². The number of nitrogen functional groups attached to an aromatic ring is 1. The van der Waals surface area contributed by atoms with Crippen LogP contribution in [0.3, 0.4) is 0 Å². The van der Waals surface area contributed by atoms with Gasteiger partial charge in [-0.05, 0) is 19.1 Å². The zero-order valence-electron chi connectivity index (χ0n) is 9.10. The first kappa shape index (κ1) is 11.4. The molecule has 0 saturated carbocycles. The van der Waals surface area contributed by atoms with E-state index in [0.717, 1.165) is 5.01 Å². The zero-order valence-corrected chi connectivity index (χ0v) is 9.91. The van der Waals surface area contributed by atoms with E-state index < -0.39 is 0 Å². The number of phenolic OH excluding ortho intramolecular Hbond substituents is 1. The van der Waals surface area contributed by atoms with Crippen LogP contribution >= 0.6 is 11.3 Å². The highest BCUT2D eigenvalue weighted by atomic mass is 32.1. The van der Waals surface area contributed by atoms with Gasteiger partial charge in [-0.1, -0.05) is 0 Å². The molecule has 2 aromatic rings. The number of hydrogen-bond donors (Lipinski definition) is 3. The lowest BCUT2D eigenvalue weighted by Crippen LogP contribution is -2.11. The lowest BCUT2D eigenvalue weighted by molar-refractivity contribution is 0.103. The predicted octanol–water partition coefficient (Wildman–Crippen LogP) is 1.99. The molecule has 6 heteroatoms. The molecule has 1 amide bonds. The fourth-order valence-electron chi connectivity index (χ4n) is 1.31. The molecule has 0 atom stereocenters. The summed E-state index contributed by atoms with van der Waals surface area (Å²) in [5, 5.41) is 12.7. The van der Waals surface area contributed by atoms with Gasteiger partial charge in [-0.25, -0.2) is 4.98 Å². The van der Waals surface area contributed by atoms with E-state index in [1.165, 1.54) is 29.7 Å². The molecule has 1 heterocycles. The van der Waals surface area contributed by atoms with Crippen molar-refractivity contribution >= 4 is 28.6 Å². The Labute approximate surface area is 102 Å². The second-order valence-corrected chi connectivity index (χ2v) is 4.70. The minimum absolute atomic E-state index is 0.0640. The number of aryl methyl sites for hydroxylation is 1. The van der Waals surface area contributed by atoms with Crippen LogP contribution in [0.4, 0.5) is 11.4 Å². The van der Waals surface area contributed by atoms with Crippen LogP contribution in [0, 0.1) is 6.92 Å². The van der Waals surface area contributed by atoms with E-state index in [4.69, 9.17) is 5.73 Å². The summed E-state index contributed by atoms with van der Waals surface area (Å²) in [6.45, 7) is 1.83. The molecule has 0 unspecified atom stereocenters. The molecule has 0 radical (unpaired) electrons. The van der Waals surface area contributed by atoms with Gasteiger partial charge in [-0.3, -0.25) is 4.79 Å². The van der Waals surface area contributed by atoms with Crippen LogP contribution < -0.4 is 11.1 Å². The van der Waals surface area contributed by atoms with Gasteiger partial charge in [0.05, 0.1) is 22.6 Å². The standard InChI is InChI=1S/C11H11N3O2S/c1-6-13-5-10(17-6)11(16)14-9-3-2-7(15)4-8(9)12/h2-5,15H,12H2,1H3,(H,14,16). The molecule has 1 aromatic carbocycles. The van der Waals surface area contributed by atoms with Gasteiger partial charge >= 0.3 is 0 Å².